The molecule has 1 saturated carbocycles. The third-order valence-corrected chi connectivity index (χ3v) is 6.10. The highest BCUT2D eigenvalue weighted by molar-refractivity contribution is 5.31. The summed E-state index contributed by atoms with van der Waals surface area (Å²) in [6, 6.07) is 17.4. The Morgan fingerprint density at radius 1 is 0.846 bits per heavy atom. The maximum atomic E-state index is 5.34. The summed E-state index contributed by atoms with van der Waals surface area (Å²) in [5, 5.41) is 0. The molecule has 26 heavy (non-hydrogen) atoms. The van der Waals surface area contributed by atoms with Gasteiger partial charge >= 0.3 is 0 Å². The standard InChI is InChI=1S/C24H32O2/c1-17(2)23-14-7-19(15-18-5-10-21(25-3)11-6-18)16-24(23)20-8-12-22(26-4)13-9-20/h5-6,8-13,17,19,23-24H,7,14-16H2,1-4H3. The highest BCUT2D eigenvalue weighted by Crippen LogP contribution is 2.45. The van der Waals surface area contributed by atoms with Gasteiger partial charge in [0.1, 0.15) is 11.5 Å². The van der Waals surface area contributed by atoms with Gasteiger partial charge in [0.2, 0.25) is 0 Å². The van der Waals surface area contributed by atoms with Crippen molar-refractivity contribution in [2.45, 2.75) is 45.4 Å². The summed E-state index contributed by atoms with van der Waals surface area (Å²) in [7, 11) is 3.46. The summed E-state index contributed by atoms with van der Waals surface area (Å²) < 4.78 is 10.6. The summed E-state index contributed by atoms with van der Waals surface area (Å²) in [5.74, 6) is 4.79. The van der Waals surface area contributed by atoms with Crippen molar-refractivity contribution < 1.29 is 9.47 Å². The monoisotopic (exact) mass is 352 g/mol. The third kappa shape index (κ3) is 4.41. The van der Waals surface area contributed by atoms with E-state index >= 15 is 0 Å². The smallest absolute Gasteiger partial charge is 0.118 e. The van der Waals surface area contributed by atoms with Gasteiger partial charge < -0.3 is 9.47 Å². The van der Waals surface area contributed by atoms with Crippen LogP contribution in [0.3, 0.4) is 0 Å². The van der Waals surface area contributed by atoms with E-state index in [0.29, 0.717) is 5.92 Å². The molecule has 2 nitrogen and oxygen atoms in total. The molecular formula is C24H32O2. The predicted molar refractivity (Wildman–Crippen MR) is 108 cm³/mol. The van der Waals surface area contributed by atoms with Gasteiger partial charge in [-0.15, -0.1) is 0 Å². The quantitative estimate of drug-likeness (QED) is 0.625. The van der Waals surface area contributed by atoms with E-state index in [-0.39, 0.29) is 0 Å². The molecule has 1 aliphatic carbocycles. The molecule has 0 radical (unpaired) electrons. The van der Waals surface area contributed by atoms with E-state index in [1.165, 1.54) is 36.8 Å². The van der Waals surface area contributed by atoms with Gasteiger partial charge in [-0.25, -0.2) is 0 Å². The van der Waals surface area contributed by atoms with Crippen LogP contribution in [0.1, 0.15) is 50.2 Å². The number of rotatable bonds is 6. The third-order valence-electron chi connectivity index (χ3n) is 6.10. The van der Waals surface area contributed by atoms with Crippen molar-refractivity contribution in [2.24, 2.45) is 17.8 Å². The van der Waals surface area contributed by atoms with Crippen molar-refractivity contribution >= 4 is 0 Å². The lowest BCUT2D eigenvalue weighted by Gasteiger charge is -2.39. The van der Waals surface area contributed by atoms with Crippen LogP contribution in [0.4, 0.5) is 0 Å². The molecule has 0 spiro atoms. The number of benzene rings is 2. The summed E-state index contributed by atoms with van der Waals surface area (Å²) in [5.41, 5.74) is 2.90. The fourth-order valence-corrected chi connectivity index (χ4v) is 4.59. The number of ether oxygens (including phenoxy) is 2. The van der Waals surface area contributed by atoms with E-state index in [1.807, 2.05) is 0 Å². The van der Waals surface area contributed by atoms with E-state index < -0.39 is 0 Å². The van der Waals surface area contributed by atoms with E-state index in [1.54, 1.807) is 14.2 Å². The Labute approximate surface area is 158 Å². The number of methoxy groups -OCH3 is 2. The van der Waals surface area contributed by atoms with Gasteiger partial charge in [0, 0.05) is 0 Å². The zero-order valence-corrected chi connectivity index (χ0v) is 16.6. The second-order valence-corrected chi connectivity index (χ2v) is 8.02. The molecule has 3 unspecified atom stereocenters. The lowest BCUT2D eigenvalue weighted by atomic mass is 9.66. The fraction of sp³-hybridized carbons (Fsp3) is 0.500. The molecule has 0 heterocycles. The topological polar surface area (TPSA) is 18.5 Å². The van der Waals surface area contributed by atoms with Crippen LogP contribution < -0.4 is 9.47 Å². The number of hydrogen-bond acceptors (Lipinski definition) is 2. The van der Waals surface area contributed by atoms with Crippen LogP contribution in [0.25, 0.3) is 0 Å². The normalized spacial score (nSPS) is 23.0. The van der Waals surface area contributed by atoms with Crippen molar-refractivity contribution in [3.8, 4) is 11.5 Å². The lowest BCUT2D eigenvalue weighted by molar-refractivity contribution is 0.187. The van der Waals surface area contributed by atoms with Crippen molar-refractivity contribution in [1.82, 2.24) is 0 Å². The average molecular weight is 353 g/mol. The first kappa shape index (κ1) is 18.8. The molecule has 0 amide bonds. The fourth-order valence-electron chi connectivity index (χ4n) is 4.59. The highest BCUT2D eigenvalue weighted by Gasteiger charge is 2.33. The van der Waals surface area contributed by atoms with Crippen LogP contribution in [-0.2, 0) is 6.42 Å². The Morgan fingerprint density at radius 3 is 1.96 bits per heavy atom. The average Bonchev–Trinajstić information content (AvgIpc) is 2.68. The van der Waals surface area contributed by atoms with E-state index in [9.17, 15) is 0 Å². The molecule has 1 aliphatic rings. The zero-order chi connectivity index (χ0) is 18.5. The van der Waals surface area contributed by atoms with Crippen LogP contribution in [0.15, 0.2) is 48.5 Å². The molecule has 3 atom stereocenters. The first-order chi connectivity index (χ1) is 12.6. The largest absolute Gasteiger partial charge is 0.497 e. The molecular weight excluding hydrogens is 320 g/mol. The zero-order valence-electron chi connectivity index (χ0n) is 16.6. The summed E-state index contributed by atoms with van der Waals surface area (Å²) >= 11 is 0. The Morgan fingerprint density at radius 2 is 1.42 bits per heavy atom. The minimum Gasteiger partial charge on any atom is -0.497 e. The molecule has 0 N–H and O–H groups in total. The molecule has 0 bridgehead atoms. The van der Waals surface area contributed by atoms with E-state index in [2.05, 4.69) is 62.4 Å². The molecule has 2 aromatic rings. The van der Waals surface area contributed by atoms with Crippen molar-refractivity contribution in [3.05, 3.63) is 59.7 Å². The second-order valence-electron chi connectivity index (χ2n) is 8.02. The SMILES string of the molecule is COc1ccc(CC2CCC(C(C)C)C(c3ccc(OC)cc3)C2)cc1. The second kappa shape index (κ2) is 8.62. The Hall–Kier alpha value is -1.96. The first-order valence-electron chi connectivity index (χ1n) is 9.87. The molecule has 0 aromatic heterocycles. The first-order valence-corrected chi connectivity index (χ1v) is 9.87. The van der Waals surface area contributed by atoms with E-state index in [0.717, 1.165) is 29.3 Å². The summed E-state index contributed by atoms with van der Waals surface area (Å²) in [6.07, 6.45) is 5.11. The molecule has 2 heteroatoms. The summed E-state index contributed by atoms with van der Waals surface area (Å²) in [6.45, 7) is 4.76. The maximum Gasteiger partial charge on any atom is 0.118 e. The summed E-state index contributed by atoms with van der Waals surface area (Å²) in [4.78, 5) is 0. The molecule has 0 aliphatic heterocycles. The molecule has 0 saturated heterocycles. The van der Waals surface area contributed by atoms with Gasteiger partial charge in [0.25, 0.3) is 0 Å². The van der Waals surface area contributed by atoms with Crippen LogP contribution in [0, 0.1) is 17.8 Å². The Bertz CT molecular complexity index is 672. The van der Waals surface area contributed by atoms with Crippen molar-refractivity contribution in [1.29, 1.82) is 0 Å². The van der Waals surface area contributed by atoms with Crippen LogP contribution in [0.2, 0.25) is 0 Å². The van der Waals surface area contributed by atoms with Gasteiger partial charge in [-0.1, -0.05) is 38.1 Å². The molecule has 2 aromatic carbocycles. The minimum absolute atomic E-state index is 0.651. The molecule has 1 fully saturated rings. The van der Waals surface area contributed by atoms with E-state index in [4.69, 9.17) is 9.47 Å². The van der Waals surface area contributed by atoms with Gasteiger partial charge in [-0.05, 0) is 84.7 Å². The lowest BCUT2D eigenvalue weighted by Crippen LogP contribution is -2.28. The van der Waals surface area contributed by atoms with Gasteiger partial charge in [-0.3, -0.25) is 0 Å². The van der Waals surface area contributed by atoms with Crippen LogP contribution in [0.5, 0.6) is 11.5 Å². The highest BCUT2D eigenvalue weighted by atomic mass is 16.5. The molecule has 140 valence electrons. The van der Waals surface area contributed by atoms with Crippen LogP contribution in [-0.4, -0.2) is 14.2 Å². The number of hydrogen-bond donors (Lipinski definition) is 0. The van der Waals surface area contributed by atoms with Crippen molar-refractivity contribution in [3.63, 3.8) is 0 Å². The van der Waals surface area contributed by atoms with Crippen molar-refractivity contribution in [2.75, 3.05) is 14.2 Å². The minimum atomic E-state index is 0.651. The molecule has 3 rings (SSSR count). The van der Waals surface area contributed by atoms with Gasteiger partial charge in [0.15, 0.2) is 0 Å². The predicted octanol–water partition coefficient (Wildman–Crippen LogP) is 6.10. The van der Waals surface area contributed by atoms with Gasteiger partial charge in [-0.2, -0.15) is 0 Å². The van der Waals surface area contributed by atoms with Gasteiger partial charge in [0.05, 0.1) is 14.2 Å². The Balaban J connectivity index is 1.73. The van der Waals surface area contributed by atoms with Crippen LogP contribution >= 0.6 is 0 Å². The Kier molecular flexibility index (Phi) is 6.24. The maximum absolute atomic E-state index is 5.34.